The average molecular weight is 362 g/mol. The van der Waals surface area contributed by atoms with E-state index < -0.39 is 0 Å². The lowest BCUT2D eigenvalue weighted by Crippen LogP contribution is -2.10. The van der Waals surface area contributed by atoms with Crippen molar-refractivity contribution in [1.29, 1.82) is 0 Å². The molecule has 2 aromatic carbocycles. The minimum Gasteiger partial charge on any atom is -0.504 e. The van der Waals surface area contributed by atoms with Crippen LogP contribution in [0.25, 0.3) is 11.3 Å². The number of hydrogen-bond acceptors (Lipinski definition) is 3. The summed E-state index contributed by atoms with van der Waals surface area (Å²) in [5, 5.41) is 15.2. The molecule has 0 bridgehead atoms. The maximum atomic E-state index is 12.2. The molecule has 0 fully saturated rings. The number of rotatable bonds is 5. The largest absolute Gasteiger partial charge is 0.504 e. The summed E-state index contributed by atoms with van der Waals surface area (Å²) < 4.78 is 1.72. The van der Waals surface area contributed by atoms with Crippen LogP contribution >= 0.6 is 0 Å². The van der Waals surface area contributed by atoms with E-state index in [9.17, 15) is 9.90 Å². The molecule has 0 aliphatic rings. The molecule has 4 heteroatoms. The summed E-state index contributed by atoms with van der Waals surface area (Å²) in [7, 11) is 0. The maximum Gasteiger partial charge on any atom is 0.186 e. The molecule has 1 N–H and O–H groups in total. The van der Waals surface area contributed by atoms with Gasteiger partial charge >= 0.3 is 0 Å². The summed E-state index contributed by atoms with van der Waals surface area (Å²) in [6.07, 6.45) is 0.304. The van der Waals surface area contributed by atoms with E-state index in [4.69, 9.17) is 0 Å². The van der Waals surface area contributed by atoms with E-state index in [1.165, 1.54) is 5.56 Å². The monoisotopic (exact) mass is 362 g/mol. The SMILES string of the molecule is CCC(=O)c1nn(Cc2ccccc2)c(-c2ccc(C(C)(C)C)cc2)c1O. The lowest BCUT2D eigenvalue weighted by Gasteiger charge is -2.19. The Morgan fingerprint density at radius 3 is 2.22 bits per heavy atom. The fourth-order valence-electron chi connectivity index (χ4n) is 3.09. The number of carbonyl (C=O) groups excluding carboxylic acids is 1. The number of hydrogen-bond donors (Lipinski definition) is 1. The zero-order chi connectivity index (χ0) is 19.6. The van der Waals surface area contributed by atoms with Gasteiger partial charge in [-0.1, -0.05) is 82.3 Å². The molecule has 0 atom stereocenters. The van der Waals surface area contributed by atoms with E-state index in [2.05, 4.69) is 38.0 Å². The molecular weight excluding hydrogens is 336 g/mol. The van der Waals surface area contributed by atoms with Crippen LogP contribution in [0.1, 0.15) is 55.7 Å². The molecule has 0 aliphatic heterocycles. The summed E-state index contributed by atoms with van der Waals surface area (Å²) >= 11 is 0. The first-order chi connectivity index (χ1) is 12.8. The summed E-state index contributed by atoms with van der Waals surface area (Å²) in [5.74, 6) is -0.201. The van der Waals surface area contributed by atoms with Gasteiger partial charge in [0.25, 0.3) is 0 Å². The third kappa shape index (κ3) is 3.95. The van der Waals surface area contributed by atoms with Crippen molar-refractivity contribution in [2.45, 2.75) is 46.1 Å². The Kier molecular flexibility index (Phi) is 5.17. The van der Waals surface area contributed by atoms with Gasteiger partial charge in [0.05, 0.1) is 6.54 Å². The summed E-state index contributed by atoms with van der Waals surface area (Å²) in [6, 6.07) is 18.0. The molecule has 3 rings (SSSR count). The molecular formula is C23H26N2O2. The molecule has 0 spiro atoms. The number of ketones is 1. The van der Waals surface area contributed by atoms with Gasteiger partial charge in [-0.2, -0.15) is 5.10 Å². The highest BCUT2D eigenvalue weighted by Gasteiger charge is 2.23. The maximum absolute atomic E-state index is 12.2. The summed E-state index contributed by atoms with van der Waals surface area (Å²) in [6.45, 7) is 8.75. The molecule has 4 nitrogen and oxygen atoms in total. The molecule has 3 aromatic rings. The van der Waals surface area contributed by atoms with Crippen LogP contribution in [0.15, 0.2) is 54.6 Å². The first-order valence-corrected chi connectivity index (χ1v) is 9.29. The first kappa shape index (κ1) is 18.9. The molecule has 0 aliphatic carbocycles. The highest BCUT2D eigenvalue weighted by Crippen LogP contribution is 2.35. The number of aromatic hydroxyl groups is 1. The van der Waals surface area contributed by atoms with Gasteiger partial charge in [-0.05, 0) is 16.5 Å². The molecule has 1 aromatic heterocycles. The van der Waals surface area contributed by atoms with Crippen molar-refractivity contribution < 1.29 is 9.90 Å². The van der Waals surface area contributed by atoms with Crippen molar-refractivity contribution in [2.24, 2.45) is 0 Å². The van der Waals surface area contributed by atoms with Crippen molar-refractivity contribution in [2.75, 3.05) is 0 Å². The van der Waals surface area contributed by atoms with E-state index in [0.717, 1.165) is 11.1 Å². The van der Waals surface area contributed by atoms with Gasteiger partial charge in [0.1, 0.15) is 5.69 Å². The normalized spacial score (nSPS) is 11.6. The van der Waals surface area contributed by atoms with Crippen molar-refractivity contribution in [3.8, 4) is 17.0 Å². The van der Waals surface area contributed by atoms with Crippen LogP contribution in [0.3, 0.4) is 0 Å². The van der Waals surface area contributed by atoms with Crippen LogP contribution in [-0.2, 0) is 12.0 Å². The second-order valence-corrected chi connectivity index (χ2v) is 7.79. The minimum absolute atomic E-state index is 0.0405. The fraction of sp³-hybridized carbons (Fsp3) is 0.304. The molecule has 27 heavy (non-hydrogen) atoms. The van der Waals surface area contributed by atoms with E-state index in [1.54, 1.807) is 11.6 Å². The van der Waals surface area contributed by atoms with Crippen LogP contribution in [-0.4, -0.2) is 20.7 Å². The van der Waals surface area contributed by atoms with Gasteiger partial charge in [0.2, 0.25) is 0 Å². The van der Waals surface area contributed by atoms with Crippen LogP contribution < -0.4 is 0 Å². The predicted octanol–water partition coefficient (Wildman–Crippen LogP) is 5.19. The average Bonchev–Trinajstić information content (AvgIpc) is 2.97. The van der Waals surface area contributed by atoms with Gasteiger partial charge < -0.3 is 5.11 Å². The number of Topliss-reactive ketones (excluding diaryl/α,β-unsaturated/α-hetero) is 1. The standard InChI is InChI=1S/C23H26N2O2/c1-5-19(26)20-22(27)21(17-11-13-18(14-12-17)23(2,3)4)25(24-20)15-16-9-7-6-8-10-16/h6-14,27H,5,15H2,1-4H3. The molecule has 0 unspecified atom stereocenters. The Balaban J connectivity index is 2.09. The number of aromatic nitrogens is 2. The predicted molar refractivity (Wildman–Crippen MR) is 108 cm³/mol. The topological polar surface area (TPSA) is 55.1 Å². The van der Waals surface area contributed by atoms with Crippen LogP contribution in [0, 0.1) is 0 Å². The zero-order valence-corrected chi connectivity index (χ0v) is 16.4. The fourth-order valence-corrected chi connectivity index (χ4v) is 3.09. The van der Waals surface area contributed by atoms with E-state index >= 15 is 0 Å². The zero-order valence-electron chi connectivity index (χ0n) is 16.4. The Morgan fingerprint density at radius 1 is 1.04 bits per heavy atom. The molecule has 0 amide bonds. The van der Waals surface area contributed by atoms with Gasteiger partial charge in [-0.25, -0.2) is 0 Å². The smallest absolute Gasteiger partial charge is 0.186 e. The molecule has 140 valence electrons. The first-order valence-electron chi connectivity index (χ1n) is 9.29. The number of nitrogens with zero attached hydrogens (tertiary/aromatic N) is 2. The van der Waals surface area contributed by atoms with E-state index in [0.29, 0.717) is 18.7 Å². The Hall–Kier alpha value is -2.88. The van der Waals surface area contributed by atoms with Gasteiger partial charge in [-0.15, -0.1) is 0 Å². The molecule has 1 heterocycles. The van der Waals surface area contributed by atoms with Gasteiger partial charge in [0, 0.05) is 12.0 Å². The minimum atomic E-state index is -0.160. The van der Waals surface area contributed by atoms with Gasteiger partial charge in [-0.3, -0.25) is 9.48 Å². The van der Waals surface area contributed by atoms with Crippen molar-refractivity contribution in [3.63, 3.8) is 0 Å². The Labute approximate surface area is 160 Å². The molecule has 0 saturated carbocycles. The molecule has 0 radical (unpaired) electrons. The summed E-state index contributed by atoms with van der Waals surface area (Å²) in [4.78, 5) is 12.2. The van der Waals surface area contributed by atoms with Crippen molar-refractivity contribution in [3.05, 3.63) is 71.4 Å². The number of carbonyl (C=O) groups is 1. The van der Waals surface area contributed by atoms with Crippen molar-refractivity contribution in [1.82, 2.24) is 9.78 Å². The highest BCUT2D eigenvalue weighted by molar-refractivity contribution is 5.98. The third-order valence-electron chi connectivity index (χ3n) is 4.71. The van der Waals surface area contributed by atoms with Gasteiger partial charge in [0.15, 0.2) is 17.2 Å². The molecule has 0 saturated heterocycles. The Bertz CT molecular complexity index is 933. The van der Waals surface area contributed by atoms with E-state index in [-0.39, 0.29) is 22.6 Å². The highest BCUT2D eigenvalue weighted by atomic mass is 16.3. The summed E-state index contributed by atoms with van der Waals surface area (Å²) in [5.41, 5.74) is 3.89. The second kappa shape index (κ2) is 7.39. The number of benzene rings is 2. The van der Waals surface area contributed by atoms with E-state index in [1.807, 2.05) is 42.5 Å². The lowest BCUT2D eigenvalue weighted by atomic mass is 9.86. The third-order valence-corrected chi connectivity index (χ3v) is 4.71. The van der Waals surface area contributed by atoms with Crippen molar-refractivity contribution >= 4 is 5.78 Å². The quantitative estimate of drug-likeness (QED) is 0.635. The van der Waals surface area contributed by atoms with Crippen LogP contribution in [0.5, 0.6) is 5.75 Å². The second-order valence-electron chi connectivity index (χ2n) is 7.79. The lowest BCUT2D eigenvalue weighted by molar-refractivity contribution is 0.0980. The van der Waals surface area contributed by atoms with Crippen LogP contribution in [0.2, 0.25) is 0 Å². The Morgan fingerprint density at radius 2 is 1.67 bits per heavy atom. The van der Waals surface area contributed by atoms with Crippen LogP contribution in [0.4, 0.5) is 0 Å².